The maximum Gasteiger partial charge on any atom is 0.290 e. The molecule has 0 rings (SSSR count). The molecule has 0 radical (unpaired) electrons. The quantitative estimate of drug-likeness (QED) is 0.341. The molecule has 0 aliphatic rings. The average Bonchev–Trinajstić information content (AvgIpc) is 1.69. The number of rotatable bonds is 1. The molecule has 0 amide bonds. The molecular weight excluding hydrogens is 98.0 g/mol. The SMILES string of the molecule is COCN.O=CO. The van der Waals surface area contributed by atoms with Crippen LogP contribution in [0, 0.1) is 0 Å². The molecule has 4 nitrogen and oxygen atoms in total. The van der Waals surface area contributed by atoms with E-state index in [4.69, 9.17) is 15.6 Å². The Hall–Kier alpha value is -0.610. The number of carboxylic acid groups (broad SMARTS) is 1. The molecule has 0 aliphatic heterocycles. The summed E-state index contributed by atoms with van der Waals surface area (Å²) in [5, 5.41) is 6.89. The third-order valence-electron chi connectivity index (χ3n) is 0.167. The van der Waals surface area contributed by atoms with Crippen LogP contribution in [-0.4, -0.2) is 25.4 Å². The molecule has 0 aromatic heterocycles. The van der Waals surface area contributed by atoms with Gasteiger partial charge in [-0.05, 0) is 0 Å². The molecule has 0 spiro atoms. The first-order valence-electron chi connectivity index (χ1n) is 1.60. The first kappa shape index (κ1) is 9.63. The van der Waals surface area contributed by atoms with Gasteiger partial charge in [-0.15, -0.1) is 0 Å². The third-order valence-corrected chi connectivity index (χ3v) is 0.167. The molecule has 3 N–H and O–H groups in total. The fourth-order valence-electron chi connectivity index (χ4n) is 0. The maximum absolute atomic E-state index is 8.36. The lowest BCUT2D eigenvalue weighted by Gasteiger charge is -1.77. The van der Waals surface area contributed by atoms with Gasteiger partial charge in [0.25, 0.3) is 6.47 Å². The molecule has 0 fully saturated rings. The highest BCUT2D eigenvalue weighted by molar-refractivity contribution is 5.32. The number of ether oxygens (including phenoxy) is 1. The Balaban J connectivity index is 0. The first-order chi connectivity index (χ1) is 3.33. The van der Waals surface area contributed by atoms with E-state index in [1.54, 1.807) is 7.11 Å². The normalized spacial score (nSPS) is 6.00. The van der Waals surface area contributed by atoms with Crippen molar-refractivity contribution in [2.75, 3.05) is 13.8 Å². The number of methoxy groups -OCH3 is 1. The molecule has 0 saturated heterocycles. The molecule has 0 aliphatic carbocycles. The molecule has 0 saturated carbocycles. The summed E-state index contributed by atoms with van der Waals surface area (Å²) in [5.74, 6) is 0. The largest absolute Gasteiger partial charge is 0.483 e. The summed E-state index contributed by atoms with van der Waals surface area (Å²) in [4.78, 5) is 8.36. The minimum atomic E-state index is -0.250. The van der Waals surface area contributed by atoms with Crippen LogP contribution in [0.15, 0.2) is 0 Å². The van der Waals surface area contributed by atoms with Gasteiger partial charge in [0.15, 0.2) is 0 Å². The Morgan fingerprint density at radius 2 is 2.14 bits per heavy atom. The fraction of sp³-hybridized carbons (Fsp3) is 0.667. The highest BCUT2D eigenvalue weighted by Gasteiger charge is 1.50. The van der Waals surface area contributed by atoms with Crippen molar-refractivity contribution in [3.8, 4) is 0 Å². The van der Waals surface area contributed by atoms with Crippen LogP contribution in [0.2, 0.25) is 0 Å². The molecular formula is C3H9NO3. The zero-order valence-electron chi connectivity index (χ0n) is 4.13. The second-order valence-corrected chi connectivity index (χ2v) is 0.561. The predicted molar refractivity (Wildman–Crippen MR) is 24.8 cm³/mol. The van der Waals surface area contributed by atoms with Crippen LogP contribution in [0.3, 0.4) is 0 Å². The van der Waals surface area contributed by atoms with E-state index in [0.29, 0.717) is 6.73 Å². The smallest absolute Gasteiger partial charge is 0.290 e. The van der Waals surface area contributed by atoms with E-state index < -0.39 is 0 Å². The molecule has 44 valence electrons. The van der Waals surface area contributed by atoms with Gasteiger partial charge < -0.3 is 15.6 Å². The molecule has 0 heterocycles. The number of nitrogens with two attached hydrogens (primary N) is 1. The van der Waals surface area contributed by atoms with Crippen LogP contribution in [0.4, 0.5) is 0 Å². The molecule has 0 unspecified atom stereocenters. The number of hydrogen-bond acceptors (Lipinski definition) is 3. The van der Waals surface area contributed by atoms with E-state index in [1.165, 1.54) is 0 Å². The van der Waals surface area contributed by atoms with Crippen molar-refractivity contribution in [1.29, 1.82) is 0 Å². The number of hydrogen-bond donors (Lipinski definition) is 2. The topological polar surface area (TPSA) is 72.5 Å². The summed E-state index contributed by atoms with van der Waals surface area (Å²) in [6.07, 6.45) is 0. The highest BCUT2D eigenvalue weighted by Crippen LogP contribution is 1.40. The van der Waals surface area contributed by atoms with Gasteiger partial charge in [0, 0.05) is 7.11 Å². The van der Waals surface area contributed by atoms with Crippen LogP contribution in [0.25, 0.3) is 0 Å². The van der Waals surface area contributed by atoms with Crippen LogP contribution in [-0.2, 0) is 9.53 Å². The van der Waals surface area contributed by atoms with Crippen molar-refractivity contribution in [3.05, 3.63) is 0 Å². The van der Waals surface area contributed by atoms with Gasteiger partial charge in [-0.1, -0.05) is 0 Å². The molecule has 4 heteroatoms. The summed E-state index contributed by atoms with van der Waals surface area (Å²) < 4.78 is 4.32. The van der Waals surface area contributed by atoms with E-state index >= 15 is 0 Å². The minimum Gasteiger partial charge on any atom is -0.483 e. The second-order valence-electron chi connectivity index (χ2n) is 0.561. The van der Waals surface area contributed by atoms with Crippen molar-refractivity contribution >= 4 is 6.47 Å². The molecule has 0 bridgehead atoms. The van der Waals surface area contributed by atoms with Gasteiger partial charge in [0.05, 0.1) is 6.73 Å². The summed E-state index contributed by atoms with van der Waals surface area (Å²) in [6, 6.07) is 0. The third kappa shape index (κ3) is 407. The van der Waals surface area contributed by atoms with Crippen molar-refractivity contribution in [1.82, 2.24) is 0 Å². The zero-order chi connectivity index (χ0) is 6.12. The lowest BCUT2D eigenvalue weighted by molar-refractivity contribution is -0.122. The Labute approximate surface area is 41.9 Å². The summed E-state index contributed by atoms with van der Waals surface area (Å²) in [5.41, 5.74) is 4.81. The molecule has 7 heavy (non-hydrogen) atoms. The Bertz CT molecular complexity index is 29.4. The molecule has 0 atom stereocenters. The van der Waals surface area contributed by atoms with Crippen molar-refractivity contribution in [2.45, 2.75) is 0 Å². The fourth-order valence-corrected chi connectivity index (χ4v) is 0. The Kier molecular flexibility index (Phi) is 25.0. The average molecular weight is 107 g/mol. The lowest BCUT2D eigenvalue weighted by atomic mass is 11.3. The first-order valence-corrected chi connectivity index (χ1v) is 1.60. The van der Waals surface area contributed by atoms with Gasteiger partial charge in [-0.25, -0.2) is 0 Å². The summed E-state index contributed by atoms with van der Waals surface area (Å²) in [6.45, 7) is 0.0694. The molecule has 0 aromatic carbocycles. The summed E-state index contributed by atoms with van der Waals surface area (Å²) in [7, 11) is 1.56. The van der Waals surface area contributed by atoms with Gasteiger partial charge in [0.1, 0.15) is 0 Å². The van der Waals surface area contributed by atoms with E-state index in [9.17, 15) is 0 Å². The van der Waals surface area contributed by atoms with Crippen molar-refractivity contribution < 1.29 is 14.6 Å². The van der Waals surface area contributed by atoms with Gasteiger partial charge in [-0.3, -0.25) is 4.79 Å². The summed E-state index contributed by atoms with van der Waals surface area (Å²) >= 11 is 0. The van der Waals surface area contributed by atoms with E-state index in [2.05, 4.69) is 4.74 Å². The standard InChI is InChI=1S/C2H7NO.CH2O2/c1-4-2-3;2-1-3/h2-3H2,1H3;1H,(H,2,3). The van der Waals surface area contributed by atoms with Crippen molar-refractivity contribution in [3.63, 3.8) is 0 Å². The lowest BCUT2D eigenvalue weighted by Crippen LogP contribution is -1.98. The van der Waals surface area contributed by atoms with E-state index in [-0.39, 0.29) is 6.47 Å². The van der Waals surface area contributed by atoms with Crippen LogP contribution in [0.1, 0.15) is 0 Å². The molecule has 0 aromatic rings. The highest BCUT2D eigenvalue weighted by atomic mass is 16.5. The minimum absolute atomic E-state index is 0.250. The zero-order valence-corrected chi connectivity index (χ0v) is 4.13. The Morgan fingerprint density at radius 3 is 2.14 bits per heavy atom. The van der Waals surface area contributed by atoms with E-state index in [1.807, 2.05) is 0 Å². The van der Waals surface area contributed by atoms with Gasteiger partial charge in [0.2, 0.25) is 0 Å². The number of carbonyl (C=O) groups is 1. The predicted octanol–water partition coefficient (Wildman–Crippen LogP) is -0.750. The van der Waals surface area contributed by atoms with Crippen molar-refractivity contribution in [2.24, 2.45) is 5.73 Å². The van der Waals surface area contributed by atoms with Crippen LogP contribution < -0.4 is 5.73 Å². The van der Waals surface area contributed by atoms with Gasteiger partial charge >= 0.3 is 0 Å². The Morgan fingerprint density at radius 1 is 2.00 bits per heavy atom. The van der Waals surface area contributed by atoms with Gasteiger partial charge in [-0.2, -0.15) is 0 Å². The van der Waals surface area contributed by atoms with Crippen LogP contribution >= 0.6 is 0 Å². The van der Waals surface area contributed by atoms with Crippen LogP contribution in [0.5, 0.6) is 0 Å². The monoisotopic (exact) mass is 107 g/mol. The second kappa shape index (κ2) is 18.2. The van der Waals surface area contributed by atoms with E-state index in [0.717, 1.165) is 0 Å². The maximum atomic E-state index is 8.36.